The predicted octanol–water partition coefficient (Wildman–Crippen LogP) is 3.69. The third-order valence-electron chi connectivity index (χ3n) is 5.06. The molecule has 2 aromatic rings. The number of likely N-dealkylation sites (tertiary alicyclic amines) is 1. The van der Waals surface area contributed by atoms with E-state index < -0.39 is 0 Å². The van der Waals surface area contributed by atoms with Gasteiger partial charge in [0.05, 0.1) is 7.11 Å². The number of amides is 1. The number of nitrogens with one attached hydrogen (secondary N) is 1. The van der Waals surface area contributed by atoms with Gasteiger partial charge >= 0.3 is 0 Å². The second kappa shape index (κ2) is 9.55. The minimum Gasteiger partial charge on any atom is -0.494 e. The molecule has 1 amide bonds. The summed E-state index contributed by atoms with van der Waals surface area (Å²) in [6.45, 7) is 4.21. The Morgan fingerprint density at radius 1 is 1.18 bits per heavy atom. The number of carbonyl (C=O) groups excluding carboxylic acids is 1. The lowest BCUT2D eigenvalue weighted by molar-refractivity contribution is -0.132. The maximum atomic E-state index is 13.9. The summed E-state index contributed by atoms with van der Waals surface area (Å²) in [6.07, 6.45) is 2.13. The average Bonchev–Trinajstić information content (AvgIpc) is 3.25. The van der Waals surface area contributed by atoms with E-state index in [0.29, 0.717) is 12.3 Å². The Balaban J connectivity index is 1.58. The molecule has 3 rings (SSSR count). The molecule has 6 heteroatoms. The topological polar surface area (TPSA) is 50.8 Å². The van der Waals surface area contributed by atoms with E-state index in [0.717, 1.165) is 37.1 Å². The number of methoxy groups -OCH3 is 1. The van der Waals surface area contributed by atoms with E-state index in [1.54, 1.807) is 6.07 Å². The summed E-state index contributed by atoms with van der Waals surface area (Å²) in [7, 11) is 1.45. The number of hydrogen-bond acceptors (Lipinski definition) is 4. The summed E-state index contributed by atoms with van der Waals surface area (Å²) in [5.74, 6) is 0.577. The van der Waals surface area contributed by atoms with Crippen LogP contribution in [0.5, 0.6) is 11.5 Å². The lowest BCUT2D eigenvalue weighted by Crippen LogP contribution is -2.32. The largest absolute Gasteiger partial charge is 0.494 e. The van der Waals surface area contributed by atoms with Crippen molar-refractivity contribution >= 4 is 5.91 Å². The second-order valence-electron chi connectivity index (χ2n) is 6.98. The molecule has 150 valence electrons. The zero-order valence-electron chi connectivity index (χ0n) is 16.4. The first-order chi connectivity index (χ1) is 13.6. The Morgan fingerprint density at radius 2 is 1.93 bits per heavy atom. The van der Waals surface area contributed by atoms with Crippen molar-refractivity contribution < 1.29 is 18.7 Å². The summed E-state index contributed by atoms with van der Waals surface area (Å²) < 4.78 is 24.7. The molecule has 1 aliphatic heterocycles. The molecule has 0 bridgehead atoms. The van der Waals surface area contributed by atoms with Crippen molar-refractivity contribution in [1.82, 2.24) is 10.2 Å². The monoisotopic (exact) mass is 386 g/mol. The highest BCUT2D eigenvalue weighted by atomic mass is 19.1. The van der Waals surface area contributed by atoms with Crippen molar-refractivity contribution in [3.05, 3.63) is 59.4 Å². The number of nitrogens with zero attached hydrogens (tertiary/aromatic N) is 1. The molecule has 1 heterocycles. The van der Waals surface area contributed by atoms with Crippen molar-refractivity contribution in [2.45, 2.75) is 32.4 Å². The Hall–Kier alpha value is -2.60. The van der Waals surface area contributed by atoms with Gasteiger partial charge in [-0.15, -0.1) is 0 Å². The fraction of sp³-hybridized carbons (Fsp3) is 0.409. The molecule has 5 nitrogen and oxygen atoms in total. The Labute approximate surface area is 165 Å². The molecule has 2 aromatic carbocycles. The standard InChI is InChI=1S/C22H27FN2O3/c1-16(17-9-10-21(27-2)19(23)13-17)24-14-18-7-3-4-8-20(18)28-15-22(26)25-11-5-6-12-25/h3-4,7-10,13,16,24H,5-6,11-12,14-15H2,1-2H3. The predicted molar refractivity (Wildman–Crippen MR) is 106 cm³/mol. The molecule has 0 spiro atoms. The summed E-state index contributed by atoms with van der Waals surface area (Å²) in [6, 6.07) is 12.6. The van der Waals surface area contributed by atoms with Crippen molar-refractivity contribution in [2.24, 2.45) is 0 Å². The first-order valence-electron chi connectivity index (χ1n) is 9.64. The Morgan fingerprint density at radius 3 is 2.64 bits per heavy atom. The summed E-state index contributed by atoms with van der Waals surface area (Å²) >= 11 is 0. The number of hydrogen-bond donors (Lipinski definition) is 1. The van der Waals surface area contributed by atoms with E-state index in [1.807, 2.05) is 42.2 Å². The van der Waals surface area contributed by atoms with Gasteiger partial charge < -0.3 is 19.7 Å². The van der Waals surface area contributed by atoms with Crippen LogP contribution in [0.25, 0.3) is 0 Å². The molecule has 28 heavy (non-hydrogen) atoms. The smallest absolute Gasteiger partial charge is 0.260 e. The van der Waals surface area contributed by atoms with Gasteiger partial charge in [-0.2, -0.15) is 0 Å². The number of rotatable bonds is 8. The molecule has 1 fully saturated rings. The minimum atomic E-state index is -0.377. The van der Waals surface area contributed by atoms with Crippen molar-refractivity contribution in [3.63, 3.8) is 0 Å². The highest BCUT2D eigenvalue weighted by Gasteiger charge is 2.18. The van der Waals surface area contributed by atoms with Gasteiger partial charge in [-0.05, 0) is 43.5 Å². The third-order valence-corrected chi connectivity index (χ3v) is 5.06. The van der Waals surface area contributed by atoms with Crippen molar-refractivity contribution in [1.29, 1.82) is 0 Å². The maximum absolute atomic E-state index is 13.9. The number of para-hydroxylation sites is 1. The summed E-state index contributed by atoms with van der Waals surface area (Å²) in [5, 5.41) is 3.38. The fourth-order valence-electron chi connectivity index (χ4n) is 3.32. The minimum absolute atomic E-state index is 0.0299. The maximum Gasteiger partial charge on any atom is 0.260 e. The van der Waals surface area contributed by atoms with Crippen LogP contribution < -0.4 is 14.8 Å². The lowest BCUT2D eigenvalue weighted by Gasteiger charge is -2.18. The summed E-state index contributed by atoms with van der Waals surface area (Å²) in [5.41, 5.74) is 1.79. The van der Waals surface area contributed by atoms with E-state index >= 15 is 0 Å². The zero-order valence-corrected chi connectivity index (χ0v) is 16.4. The van der Waals surface area contributed by atoms with Crippen molar-refractivity contribution in [3.8, 4) is 11.5 Å². The third kappa shape index (κ3) is 5.01. The van der Waals surface area contributed by atoms with Crippen LogP contribution in [0.3, 0.4) is 0 Å². The van der Waals surface area contributed by atoms with E-state index in [-0.39, 0.29) is 30.1 Å². The number of carbonyl (C=O) groups is 1. The molecule has 1 atom stereocenters. The average molecular weight is 386 g/mol. The lowest BCUT2D eigenvalue weighted by atomic mass is 10.1. The van der Waals surface area contributed by atoms with Crippen LogP contribution in [0.15, 0.2) is 42.5 Å². The normalized spacial score (nSPS) is 14.8. The van der Waals surface area contributed by atoms with Gasteiger partial charge in [-0.25, -0.2) is 4.39 Å². The van der Waals surface area contributed by atoms with Crippen LogP contribution >= 0.6 is 0 Å². The quantitative estimate of drug-likeness (QED) is 0.752. The number of benzene rings is 2. The van der Waals surface area contributed by atoms with Gasteiger partial charge in [0.1, 0.15) is 5.75 Å². The van der Waals surface area contributed by atoms with Crippen LogP contribution in [0.2, 0.25) is 0 Å². The molecular weight excluding hydrogens is 359 g/mol. The van der Waals surface area contributed by atoms with Gasteiger partial charge in [0.25, 0.3) is 5.91 Å². The van der Waals surface area contributed by atoms with Crippen LogP contribution in [0.1, 0.15) is 36.9 Å². The molecular formula is C22H27FN2O3. The van der Waals surface area contributed by atoms with Gasteiger partial charge in [0, 0.05) is 31.2 Å². The van der Waals surface area contributed by atoms with Crippen LogP contribution in [0, 0.1) is 5.82 Å². The first kappa shape index (κ1) is 20.1. The Bertz CT molecular complexity index is 806. The highest BCUT2D eigenvalue weighted by molar-refractivity contribution is 5.78. The van der Waals surface area contributed by atoms with E-state index in [9.17, 15) is 9.18 Å². The molecule has 0 radical (unpaired) electrons. The van der Waals surface area contributed by atoms with E-state index in [4.69, 9.17) is 9.47 Å². The first-order valence-corrected chi connectivity index (χ1v) is 9.64. The zero-order chi connectivity index (χ0) is 19.9. The van der Waals surface area contributed by atoms with Crippen LogP contribution in [0.4, 0.5) is 4.39 Å². The second-order valence-corrected chi connectivity index (χ2v) is 6.98. The van der Waals surface area contributed by atoms with Crippen molar-refractivity contribution in [2.75, 3.05) is 26.8 Å². The molecule has 1 aliphatic rings. The molecule has 0 saturated carbocycles. The van der Waals surface area contributed by atoms with Crippen LogP contribution in [-0.4, -0.2) is 37.6 Å². The van der Waals surface area contributed by atoms with Gasteiger partial charge in [0.15, 0.2) is 18.2 Å². The molecule has 1 unspecified atom stereocenters. The molecule has 1 N–H and O–H groups in total. The highest BCUT2D eigenvalue weighted by Crippen LogP contribution is 2.23. The van der Waals surface area contributed by atoms with E-state index in [1.165, 1.54) is 13.2 Å². The van der Waals surface area contributed by atoms with Gasteiger partial charge in [0.2, 0.25) is 0 Å². The molecule has 0 aromatic heterocycles. The number of ether oxygens (including phenoxy) is 2. The molecule has 0 aliphatic carbocycles. The Kier molecular flexibility index (Phi) is 6.87. The SMILES string of the molecule is COc1ccc(C(C)NCc2ccccc2OCC(=O)N2CCCC2)cc1F. The fourth-order valence-corrected chi connectivity index (χ4v) is 3.32. The van der Waals surface area contributed by atoms with Crippen LogP contribution in [-0.2, 0) is 11.3 Å². The molecule has 1 saturated heterocycles. The number of halogens is 1. The van der Waals surface area contributed by atoms with Gasteiger partial charge in [-0.3, -0.25) is 4.79 Å². The van der Waals surface area contributed by atoms with Gasteiger partial charge in [-0.1, -0.05) is 24.3 Å². The van der Waals surface area contributed by atoms with E-state index in [2.05, 4.69) is 5.32 Å². The summed E-state index contributed by atoms with van der Waals surface area (Å²) in [4.78, 5) is 14.1.